The third-order valence-corrected chi connectivity index (χ3v) is 5.03. The molecule has 0 radical (unpaired) electrons. The smallest absolute Gasteiger partial charge is 0.290 e. The summed E-state index contributed by atoms with van der Waals surface area (Å²) < 4.78 is 16.4. The zero-order valence-electron chi connectivity index (χ0n) is 17.8. The van der Waals surface area contributed by atoms with Gasteiger partial charge < -0.3 is 28.8 Å². The molecule has 0 saturated heterocycles. The van der Waals surface area contributed by atoms with Crippen molar-refractivity contribution in [3.63, 3.8) is 0 Å². The highest BCUT2D eigenvalue weighted by atomic mass is 16.5. The van der Waals surface area contributed by atoms with Crippen LogP contribution in [-0.4, -0.2) is 68.0 Å². The van der Waals surface area contributed by atoms with Gasteiger partial charge in [-0.25, -0.2) is 0 Å². The van der Waals surface area contributed by atoms with Crippen molar-refractivity contribution in [2.75, 3.05) is 41.4 Å². The van der Waals surface area contributed by atoms with E-state index in [1.165, 1.54) is 25.2 Å². The van der Waals surface area contributed by atoms with Gasteiger partial charge in [-0.3, -0.25) is 9.59 Å². The number of methoxy groups -OCH3 is 2. The molecule has 1 aliphatic rings. The molecule has 160 valence electrons. The Morgan fingerprint density at radius 3 is 2.50 bits per heavy atom. The van der Waals surface area contributed by atoms with Gasteiger partial charge in [-0.2, -0.15) is 0 Å². The molecule has 0 saturated carbocycles. The second-order valence-electron chi connectivity index (χ2n) is 7.29. The van der Waals surface area contributed by atoms with Crippen molar-refractivity contribution in [2.45, 2.75) is 13.0 Å². The zero-order chi connectivity index (χ0) is 22.0. The van der Waals surface area contributed by atoms with Crippen molar-refractivity contribution in [1.29, 1.82) is 0 Å². The highest BCUT2D eigenvalue weighted by Gasteiger charge is 2.45. The predicted octanol–water partition coefficient (Wildman–Crippen LogP) is 2.75. The molecule has 0 unspecified atom stereocenters. The van der Waals surface area contributed by atoms with Gasteiger partial charge in [0.2, 0.25) is 5.78 Å². The first-order valence-corrected chi connectivity index (χ1v) is 9.51. The Hall–Kier alpha value is -3.26. The van der Waals surface area contributed by atoms with Crippen molar-refractivity contribution in [3.8, 4) is 11.5 Å². The number of carbonyl (C=O) groups excluding carboxylic acids is 2. The van der Waals surface area contributed by atoms with Crippen LogP contribution in [-0.2, 0) is 4.79 Å². The monoisotopic (exact) mass is 414 g/mol. The molecule has 30 heavy (non-hydrogen) atoms. The third-order valence-electron chi connectivity index (χ3n) is 5.03. The van der Waals surface area contributed by atoms with Gasteiger partial charge in [0.25, 0.3) is 5.91 Å². The largest absolute Gasteiger partial charge is 0.503 e. The lowest BCUT2D eigenvalue weighted by molar-refractivity contribution is -0.129. The predicted molar refractivity (Wildman–Crippen MR) is 110 cm³/mol. The number of rotatable bonds is 8. The van der Waals surface area contributed by atoms with Crippen molar-refractivity contribution in [3.05, 3.63) is 58.7 Å². The van der Waals surface area contributed by atoms with E-state index < -0.39 is 23.5 Å². The maximum Gasteiger partial charge on any atom is 0.290 e. The number of amides is 1. The molecule has 1 amide bonds. The van der Waals surface area contributed by atoms with Crippen molar-refractivity contribution >= 4 is 11.7 Å². The molecule has 1 aromatic heterocycles. The summed E-state index contributed by atoms with van der Waals surface area (Å²) in [7, 11) is 6.76. The highest BCUT2D eigenvalue weighted by molar-refractivity contribution is 6.15. The van der Waals surface area contributed by atoms with Crippen LogP contribution in [0.3, 0.4) is 0 Å². The molecule has 0 spiro atoms. The molecule has 1 atom stereocenters. The van der Waals surface area contributed by atoms with Crippen LogP contribution < -0.4 is 9.47 Å². The second kappa shape index (κ2) is 8.62. The van der Waals surface area contributed by atoms with E-state index in [9.17, 15) is 14.7 Å². The molecule has 8 heteroatoms. The Kier molecular flexibility index (Phi) is 6.17. The van der Waals surface area contributed by atoms with Gasteiger partial charge in [-0.05, 0) is 39.2 Å². The molecular formula is C22H26N2O6. The molecule has 3 rings (SSSR count). The highest BCUT2D eigenvalue weighted by Crippen LogP contribution is 2.45. The average molecular weight is 414 g/mol. The Morgan fingerprint density at radius 2 is 1.93 bits per heavy atom. The normalized spacial score (nSPS) is 16.5. The summed E-state index contributed by atoms with van der Waals surface area (Å²) in [4.78, 5) is 29.6. The lowest BCUT2D eigenvalue weighted by atomic mass is 9.94. The summed E-state index contributed by atoms with van der Waals surface area (Å²) in [6, 6.07) is 7.57. The molecule has 0 aliphatic carbocycles. The molecule has 1 aliphatic heterocycles. The molecule has 0 fully saturated rings. The van der Waals surface area contributed by atoms with E-state index in [0.29, 0.717) is 35.9 Å². The number of aliphatic hydroxyl groups is 1. The number of ketones is 1. The summed E-state index contributed by atoms with van der Waals surface area (Å²) in [6.07, 6.45) is 0. The minimum Gasteiger partial charge on any atom is -0.503 e. The first-order chi connectivity index (χ1) is 14.3. The van der Waals surface area contributed by atoms with Crippen LogP contribution in [0.2, 0.25) is 0 Å². The number of Topliss-reactive ketones (excluding diaryl/α,β-unsaturated/α-hetero) is 1. The fourth-order valence-electron chi connectivity index (χ4n) is 3.56. The van der Waals surface area contributed by atoms with E-state index >= 15 is 0 Å². The molecule has 2 aromatic rings. The van der Waals surface area contributed by atoms with E-state index in [1.807, 2.05) is 19.0 Å². The fourth-order valence-corrected chi connectivity index (χ4v) is 3.56. The van der Waals surface area contributed by atoms with Crippen LogP contribution in [0, 0.1) is 6.92 Å². The fraction of sp³-hybridized carbons (Fsp3) is 0.364. The molecule has 8 nitrogen and oxygen atoms in total. The van der Waals surface area contributed by atoms with Crippen LogP contribution in [0.4, 0.5) is 0 Å². The molecule has 2 heterocycles. The molecule has 1 N–H and O–H groups in total. The Bertz CT molecular complexity index is 991. The number of hydrogen-bond donors (Lipinski definition) is 1. The van der Waals surface area contributed by atoms with Gasteiger partial charge in [-0.15, -0.1) is 0 Å². The van der Waals surface area contributed by atoms with Gasteiger partial charge in [0.15, 0.2) is 23.0 Å². The minimum atomic E-state index is -0.847. The Labute approximate surface area is 175 Å². The average Bonchev–Trinajstić information content (AvgIpc) is 3.26. The van der Waals surface area contributed by atoms with Gasteiger partial charge in [0.05, 0.1) is 25.8 Å². The third kappa shape index (κ3) is 3.78. The van der Waals surface area contributed by atoms with Crippen LogP contribution in [0.15, 0.2) is 46.1 Å². The number of hydrogen-bond acceptors (Lipinski definition) is 7. The van der Waals surface area contributed by atoms with E-state index in [-0.39, 0.29) is 11.3 Å². The van der Waals surface area contributed by atoms with Crippen LogP contribution in [0.1, 0.15) is 27.9 Å². The maximum absolute atomic E-state index is 13.3. The number of furan rings is 1. The lowest BCUT2D eigenvalue weighted by Gasteiger charge is -2.29. The molecule has 1 aromatic carbocycles. The number of para-hydroxylation sites is 1. The lowest BCUT2D eigenvalue weighted by Crippen LogP contribution is -2.36. The number of aliphatic hydroxyl groups excluding tert-OH is 1. The summed E-state index contributed by atoms with van der Waals surface area (Å²) in [5, 5.41) is 10.7. The second-order valence-corrected chi connectivity index (χ2v) is 7.29. The number of ether oxygens (including phenoxy) is 2. The minimum absolute atomic E-state index is 0.0420. The first kappa shape index (κ1) is 21.4. The molecule has 0 bridgehead atoms. The quantitative estimate of drug-likeness (QED) is 0.664. The number of carbonyl (C=O) groups is 2. The van der Waals surface area contributed by atoms with Crippen molar-refractivity contribution in [1.82, 2.24) is 9.80 Å². The summed E-state index contributed by atoms with van der Waals surface area (Å²) in [6.45, 7) is 2.56. The summed E-state index contributed by atoms with van der Waals surface area (Å²) in [5.41, 5.74) is 0.499. The topological polar surface area (TPSA) is 92.5 Å². The van der Waals surface area contributed by atoms with E-state index in [1.54, 1.807) is 31.2 Å². The number of aryl methyl sites for hydroxylation is 1. The van der Waals surface area contributed by atoms with Crippen LogP contribution in [0.25, 0.3) is 0 Å². The zero-order valence-corrected chi connectivity index (χ0v) is 17.8. The van der Waals surface area contributed by atoms with Gasteiger partial charge in [0.1, 0.15) is 5.76 Å². The SMILES string of the molecule is COc1cccc([C@@H]2C(C(=O)c3ccc(C)o3)=C(O)C(=O)N2CCN(C)C)c1OC. The van der Waals surface area contributed by atoms with Crippen LogP contribution in [0.5, 0.6) is 11.5 Å². The van der Waals surface area contributed by atoms with Gasteiger partial charge >= 0.3 is 0 Å². The van der Waals surface area contributed by atoms with Crippen molar-refractivity contribution in [2.24, 2.45) is 0 Å². The summed E-state index contributed by atoms with van der Waals surface area (Å²) in [5.74, 6) is -0.270. The van der Waals surface area contributed by atoms with Gasteiger partial charge in [-0.1, -0.05) is 12.1 Å². The Morgan fingerprint density at radius 1 is 1.20 bits per heavy atom. The number of nitrogens with zero attached hydrogens (tertiary/aromatic N) is 2. The molecular weight excluding hydrogens is 388 g/mol. The van der Waals surface area contributed by atoms with Crippen molar-refractivity contribution < 1.29 is 28.6 Å². The van der Waals surface area contributed by atoms with E-state index in [0.717, 1.165) is 0 Å². The maximum atomic E-state index is 13.3. The summed E-state index contributed by atoms with van der Waals surface area (Å²) >= 11 is 0. The van der Waals surface area contributed by atoms with Crippen LogP contribution >= 0.6 is 0 Å². The Balaban J connectivity index is 2.16. The van der Waals surface area contributed by atoms with Gasteiger partial charge in [0, 0.05) is 18.7 Å². The first-order valence-electron chi connectivity index (χ1n) is 9.51. The number of likely N-dealkylation sites (N-methyl/N-ethyl adjacent to an activating group) is 1. The standard InChI is InChI=1S/C22H26N2O6/c1-13-9-10-15(30-13)19(25)17-18(14-7-6-8-16(28-4)21(14)29-5)24(12-11-23(2)3)22(27)20(17)26/h6-10,18,26H,11-12H2,1-5H3/t18-/m1/s1. The van der Waals surface area contributed by atoms with E-state index in [2.05, 4.69) is 0 Å². The number of benzene rings is 1. The van der Waals surface area contributed by atoms with E-state index in [4.69, 9.17) is 13.9 Å².